The van der Waals surface area contributed by atoms with Crippen LogP contribution >= 0.6 is 12.2 Å². The van der Waals surface area contributed by atoms with Gasteiger partial charge < -0.3 is 10.8 Å². The number of rotatable bonds is 3. The van der Waals surface area contributed by atoms with Crippen LogP contribution in [0.25, 0.3) is 0 Å². The molecule has 1 aromatic carbocycles. The Morgan fingerprint density at radius 2 is 1.86 bits per heavy atom. The van der Waals surface area contributed by atoms with Crippen LogP contribution in [0.1, 0.15) is 23.1 Å². The zero-order valence-corrected chi connectivity index (χ0v) is 9.32. The van der Waals surface area contributed by atoms with Gasteiger partial charge in [-0.05, 0) is 49.1 Å². The third-order valence-corrected chi connectivity index (χ3v) is 2.51. The third kappa shape index (κ3) is 2.70. The summed E-state index contributed by atoms with van der Waals surface area (Å²) in [4.78, 5) is 0.539. The molecular formula is C11H15NOS. The van der Waals surface area contributed by atoms with Crippen molar-refractivity contribution in [2.75, 3.05) is 0 Å². The average Bonchev–Trinajstić information content (AvgIpc) is 2.01. The fourth-order valence-electron chi connectivity index (χ4n) is 1.61. The Morgan fingerprint density at radius 1 is 1.36 bits per heavy atom. The molecule has 3 N–H and O–H groups in total. The normalized spacial score (nSPS) is 10.1. The number of nitrogens with two attached hydrogens (primary N) is 1. The first-order valence-electron chi connectivity index (χ1n) is 4.58. The zero-order valence-electron chi connectivity index (χ0n) is 8.50. The first-order valence-corrected chi connectivity index (χ1v) is 4.99. The number of aromatic hydroxyl groups is 1. The van der Waals surface area contributed by atoms with E-state index in [-0.39, 0.29) is 0 Å². The highest BCUT2D eigenvalue weighted by molar-refractivity contribution is 7.80. The molecule has 1 aromatic rings. The molecule has 76 valence electrons. The Labute approximate surface area is 89.7 Å². The molecule has 0 saturated carbocycles. The molecular weight excluding hydrogens is 194 g/mol. The minimum absolute atomic E-state index is 0.319. The van der Waals surface area contributed by atoms with Gasteiger partial charge in [-0.2, -0.15) is 0 Å². The van der Waals surface area contributed by atoms with Gasteiger partial charge in [-0.1, -0.05) is 12.2 Å². The van der Waals surface area contributed by atoms with Gasteiger partial charge >= 0.3 is 0 Å². The van der Waals surface area contributed by atoms with E-state index in [0.29, 0.717) is 10.7 Å². The summed E-state index contributed by atoms with van der Waals surface area (Å²) in [5.74, 6) is 0.319. The second-order valence-corrected chi connectivity index (χ2v) is 4.05. The van der Waals surface area contributed by atoms with Crippen molar-refractivity contribution in [3.05, 3.63) is 28.8 Å². The second-order valence-electron chi connectivity index (χ2n) is 3.52. The number of hydrogen-bond acceptors (Lipinski definition) is 2. The van der Waals surface area contributed by atoms with Crippen molar-refractivity contribution >= 4 is 17.2 Å². The topological polar surface area (TPSA) is 46.2 Å². The number of aryl methyl sites for hydroxylation is 2. The van der Waals surface area contributed by atoms with Crippen LogP contribution in [-0.2, 0) is 6.42 Å². The maximum absolute atomic E-state index is 9.35. The van der Waals surface area contributed by atoms with Gasteiger partial charge in [0, 0.05) is 6.42 Å². The van der Waals surface area contributed by atoms with Crippen molar-refractivity contribution in [3.8, 4) is 5.75 Å². The lowest BCUT2D eigenvalue weighted by molar-refractivity contribution is 0.474. The zero-order chi connectivity index (χ0) is 10.7. The van der Waals surface area contributed by atoms with E-state index in [4.69, 9.17) is 18.0 Å². The van der Waals surface area contributed by atoms with E-state index in [2.05, 4.69) is 0 Å². The molecule has 0 atom stereocenters. The molecule has 0 aromatic heterocycles. The fourth-order valence-corrected chi connectivity index (χ4v) is 1.72. The number of thiocarbonyl (C=S) groups is 1. The first-order chi connectivity index (χ1) is 6.50. The Morgan fingerprint density at radius 3 is 2.29 bits per heavy atom. The highest BCUT2D eigenvalue weighted by Crippen LogP contribution is 2.21. The maximum Gasteiger partial charge on any atom is 0.116 e. The second kappa shape index (κ2) is 4.42. The molecule has 0 saturated heterocycles. The Balaban J connectivity index is 2.91. The van der Waals surface area contributed by atoms with Gasteiger partial charge in [0.05, 0.1) is 4.99 Å². The summed E-state index contributed by atoms with van der Waals surface area (Å²) < 4.78 is 0. The van der Waals surface area contributed by atoms with Crippen LogP contribution in [0.15, 0.2) is 12.1 Å². The lowest BCUT2D eigenvalue weighted by atomic mass is 9.98. The fraction of sp³-hybridized carbons (Fsp3) is 0.364. The summed E-state index contributed by atoms with van der Waals surface area (Å²) in [6.45, 7) is 3.98. The highest BCUT2D eigenvalue weighted by atomic mass is 32.1. The van der Waals surface area contributed by atoms with Gasteiger partial charge in [0.2, 0.25) is 0 Å². The molecule has 0 aliphatic rings. The van der Waals surface area contributed by atoms with Crippen molar-refractivity contribution in [2.45, 2.75) is 26.7 Å². The summed E-state index contributed by atoms with van der Waals surface area (Å²) >= 11 is 4.84. The SMILES string of the molecule is Cc1cc(O)cc(C)c1CCC(N)=S. The average molecular weight is 209 g/mol. The molecule has 0 unspecified atom stereocenters. The van der Waals surface area contributed by atoms with Gasteiger partial charge in [-0.25, -0.2) is 0 Å². The molecule has 3 heteroatoms. The number of benzene rings is 1. The van der Waals surface area contributed by atoms with Crippen molar-refractivity contribution in [1.29, 1.82) is 0 Å². The van der Waals surface area contributed by atoms with Crippen LogP contribution < -0.4 is 5.73 Å². The Kier molecular flexibility index (Phi) is 3.47. The van der Waals surface area contributed by atoms with Crippen molar-refractivity contribution < 1.29 is 5.11 Å². The largest absolute Gasteiger partial charge is 0.508 e. The maximum atomic E-state index is 9.35. The molecule has 14 heavy (non-hydrogen) atoms. The molecule has 0 fully saturated rings. The van der Waals surface area contributed by atoms with Gasteiger partial charge in [0.25, 0.3) is 0 Å². The molecule has 0 radical (unpaired) electrons. The summed E-state index contributed by atoms with van der Waals surface area (Å²) in [5.41, 5.74) is 8.88. The van der Waals surface area contributed by atoms with Crippen LogP contribution in [0.3, 0.4) is 0 Å². The summed E-state index contributed by atoms with van der Waals surface area (Å²) in [7, 11) is 0. The predicted molar refractivity (Wildman–Crippen MR) is 62.7 cm³/mol. The quantitative estimate of drug-likeness (QED) is 0.750. The van der Waals surface area contributed by atoms with Crippen LogP contribution in [0.4, 0.5) is 0 Å². The highest BCUT2D eigenvalue weighted by Gasteiger charge is 2.04. The minimum atomic E-state index is 0.319. The number of phenols is 1. The molecule has 1 rings (SSSR count). The standard InChI is InChI=1S/C11H15NOS/c1-7-5-9(13)6-8(2)10(7)3-4-11(12)14/h5-6,13H,3-4H2,1-2H3,(H2,12,14). The summed E-state index contributed by atoms with van der Waals surface area (Å²) in [6.07, 6.45) is 1.58. The van der Waals surface area contributed by atoms with Crippen LogP contribution in [0.2, 0.25) is 0 Å². The molecule has 0 aliphatic carbocycles. The lowest BCUT2D eigenvalue weighted by Gasteiger charge is -2.09. The van der Waals surface area contributed by atoms with E-state index in [9.17, 15) is 5.11 Å². The van der Waals surface area contributed by atoms with Gasteiger partial charge in [0.1, 0.15) is 5.75 Å². The summed E-state index contributed by atoms with van der Waals surface area (Å²) in [5, 5.41) is 9.35. The van der Waals surface area contributed by atoms with Crippen LogP contribution in [-0.4, -0.2) is 10.1 Å². The molecule has 0 aliphatic heterocycles. The molecule has 0 heterocycles. The molecule has 0 bridgehead atoms. The van der Waals surface area contributed by atoms with Gasteiger partial charge in [0.15, 0.2) is 0 Å². The molecule has 0 amide bonds. The predicted octanol–water partition coefficient (Wildman–Crippen LogP) is 2.23. The lowest BCUT2D eigenvalue weighted by Crippen LogP contribution is -2.09. The van der Waals surface area contributed by atoms with E-state index >= 15 is 0 Å². The van der Waals surface area contributed by atoms with Crippen molar-refractivity contribution in [2.24, 2.45) is 5.73 Å². The van der Waals surface area contributed by atoms with E-state index in [1.165, 1.54) is 5.56 Å². The molecule has 0 spiro atoms. The van der Waals surface area contributed by atoms with Gasteiger partial charge in [-0.3, -0.25) is 0 Å². The van der Waals surface area contributed by atoms with E-state index < -0.39 is 0 Å². The monoisotopic (exact) mass is 209 g/mol. The summed E-state index contributed by atoms with van der Waals surface area (Å²) in [6, 6.07) is 3.53. The van der Waals surface area contributed by atoms with Crippen molar-refractivity contribution in [1.82, 2.24) is 0 Å². The van der Waals surface area contributed by atoms with Crippen LogP contribution in [0, 0.1) is 13.8 Å². The Hall–Kier alpha value is -1.09. The van der Waals surface area contributed by atoms with E-state index in [0.717, 1.165) is 24.0 Å². The smallest absolute Gasteiger partial charge is 0.116 e. The molecule has 2 nitrogen and oxygen atoms in total. The third-order valence-electron chi connectivity index (χ3n) is 2.30. The van der Waals surface area contributed by atoms with Crippen molar-refractivity contribution in [3.63, 3.8) is 0 Å². The van der Waals surface area contributed by atoms with E-state index in [1.807, 2.05) is 13.8 Å². The minimum Gasteiger partial charge on any atom is -0.508 e. The number of phenolic OH excluding ortho intramolecular Hbond substituents is 1. The van der Waals surface area contributed by atoms with Gasteiger partial charge in [-0.15, -0.1) is 0 Å². The van der Waals surface area contributed by atoms with Crippen LogP contribution in [0.5, 0.6) is 5.75 Å². The Bertz CT molecular complexity index is 337. The number of hydrogen-bond donors (Lipinski definition) is 2. The first kappa shape index (κ1) is 11.0. The van der Waals surface area contributed by atoms with E-state index in [1.54, 1.807) is 12.1 Å².